The van der Waals surface area contributed by atoms with Crippen LogP contribution in [0.15, 0.2) is 18.2 Å². The van der Waals surface area contributed by atoms with E-state index in [1.807, 2.05) is 0 Å². The molecule has 1 rings (SSSR count). The van der Waals surface area contributed by atoms with E-state index in [9.17, 15) is 27.2 Å². The molecule has 5 nitrogen and oxygen atoms in total. The molecular weight excluding hydrogens is 298 g/mol. The van der Waals surface area contributed by atoms with Crippen molar-refractivity contribution in [2.24, 2.45) is 0 Å². The van der Waals surface area contributed by atoms with Gasteiger partial charge in [0.1, 0.15) is 5.82 Å². The Kier molecular flexibility index (Phi) is 5.25. The molecule has 0 aliphatic carbocycles. The van der Waals surface area contributed by atoms with Gasteiger partial charge in [-0.2, -0.15) is 13.2 Å². The Labute approximate surface area is 116 Å². The SMILES string of the molecule is O=C(O)CN(CC(=O)O)Cc1ccc(F)c(C(F)(F)F)c1. The van der Waals surface area contributed by atoms with E-state index in [1.165, 1.54) is 0 Å². The quantitative estimate of drug-likeness (QED) is 0.784. The highest BCUT2D eigenvalue weighted by Crippen LogP contribution is 2.32. The van der Waals surface area contributed by atoms with Crippen LogP contribution in [0.1, 0.15) is 11.1 Å². The van der Waals surface area contributed by atoms with Gasteiger partial charge < -0.3 is 10.2 Å². The highest BCUT2D eigenvalue weighted by molar-refractivity contribution is 5.72. The largest absolute Gasteiger partial charge is 0.480 e. The molecule has 1 aromatic rings. The van der Waals surface area contributed by atoms with Crippen molar-refractivity contribution in [1.29, 1.82) is 0 Å². The normalized spacial score (nSPS) is 11.7. The number of hydrogen-bond donors (Lipinski definition) is 2. The minimum absolute atomic E-state index is 0.0359. The van der Waals surface area contributed by atoms with Gasteiger partial charge in [-0.05, 0) is 17.7 Å². The number of carbonyl (C=O) groups is 2. The standard InChI is InChI=1S/C12H11F4NO4/c13-9-2-1-7(3-8(9)12(14,15)16)4-17(5-10(18)19)6-11(20)21/h1-3H,4-6H2,(H,18,19)(H,20,21). The van der Waals surface area contributed by atoms with E-state index in [1.54, 1.807) is 0 Å². The lowest BCUT2D eigenvalue weighted by Crippen LogP contribution is -2.34. The molecule has 0 bridgehead atoms. The van der Waals surface area contributed by atoms with Gasteiger partial charge in [-0.25, -0.2) is 4.39 Å². The topological polar surface area (TPSA) is 77.8 Å². The minimum Gasteiger partial charge on any atom is -0.480 e. The number of halogens is 4. The van der Waals surface area contributed by atoms with Crippen LogP contribution in [-0.4, -0.2) is 40.1 Å². The second-order valence-corrected chi connectivity index (χ2v) is 4.24. The molecule has 0 fully saturated rings. The maximum atomic E-state index is 13.1. The van der Waals surface area contributed by atoms with Crippen LogP contribution in [0.4, 0.5) is 17.6 Å². The van der Waals surface area contributed by atoms with Gasteiger partial charge in [0.15, 0.2) is 0 Å². The van der Waals surface area contributed by atoms with Crippen LogP contribution in [0.25, 0.3) is 0 Å². The van der Waals surface area contributed by atoms with Crippen molar-refractivity contribution >= 4 is 11.9 Å². The van der Waals surface area contributed by atoms with Gasteiger partial charge >= 0.3 is 18.1 Å². The summed E-state index contributed by atoms with van der Waals surface area (Å²) in [5.41, 5.74) is -1.52. The highest BCUT2D eigenvalue weighted by atomic mass is 19.4. The molecule has 0 saturated heterocycles. The fraction of sp³-hybridized carbons (Fsp3) is 0.333. The molecule has 0 spiro atoms. The second-order valence-electron chi connectivity index (χ2n) is 4.24. The fourth-order valence-electron chi connectivity index (χ4n) is 1.70. The number of nitrogens with zero attached hydrogens (tertiary/aromatic N) is 1. The van der Waals surface area contributed by atoms with Gasteiger partial charge in [0.25, 0.3) is 0 Å². The van der Waals surface area contributed by atoms with Crippen molar-refractivity contribution in [3.05, 3.63) is 35.1 Å². The molecule has 0 aliphatic rings. The Morgan fingerprint density at radius 2 is 1.62 bits per heavy atom. The lowest BCUT2D eigenvalue weighted by Gasteiger charge is -2.19. The molecule has 0 amide bonds. The van der Waals surface area contributed by atoms with Gasteiger partial charge in [-0.1, -0.05) is 6.07 Å². The molecule has 1 aromatic carbocycles. The van der Waals surface area contributed by atoms with Crippen LogP contribution in [0.3, 0.4) is 0 Å². The van der Waals surface area contributed by atoms with E-state index in [0.29, 0.717) is 12.1 Å². The number of rotatable bonds is 6. The zero-order valence-corrected chi connectivity index (χ0v) is 10.5. The molecule has 2 N–H and O–H groups in total. The number of alkyl halides is 3. The monoisotopic (exact) mass is 309 g/mol. The van der Waals surface area contributed by atoms with E-state index >= 15 is 0 Å². The molecule has 9 heteroatoms. The van der Waals surface area contributed by atoms with E-state index in [-0.39, 0.29) is 12.1 Å². The summed E-state index contributed by atoms with van der Waals surface area (Å²) >= 11 is 0. The Bertz CT molecular complexity index is 529. The summed E-state index contributed by atoms with van der Waals surface area (Å²) in [6, 6.07) is 2.19. The zero-order chi connectivity index (χ0) is 16.2. The third kappa shape index (κ3) is 5.38. The summed E-state index contributed by atoms with van der Waals surface area (Å²) in [6.07, 6.45) is -4.88. The molecule has 0 heterocycles. The average molecular weight is 309 g/mol. The summed E-state index contributed by atoms with van der Waals surface area (Å²) in [5.74, 6) is -4.10. The van der Waals surface area contributed by atoms with Crippen LogP contribution in [0.2, 0.25) is 0 Å². The van der Waals surface area contributed by atoms with Gasteiger partial charge in [-0.3, -0.25) is 14.5 Å². The number of carboxylic acids is 2. The van der Waals surface area contributed by atoms with Crippen molar-refractivity contribution in [3.63, 3.8) is 0 Å². The number of hydrogen-bond acceptors (Lipinski definition) is 3. The molecule has 0 radical (unpaired) electrons. The van der Waals surface area contributed by atoms with Gasteiger partial charge in [0, 0.05) is 6.54 Å². The first-order valence-electron chi connectivity index (χ1n) is 5.61. The highest BCUT2D eigenvalue weighted by Gasteiger charge is 2.34. The molecule has 0 atom stereocenters. The summed E-state index contributed by atoms with van der Waals surface area (Å²) < 4.78 is 50.7. The predicted molar refractivity (Wildman–Crippen MR) is 62.0 cm³/mol. The molecular formula is C12H11F4NO4. The Morgan fingerprint density at radius 1 is 1.10 bits per heavy atom. The maximum Gasteiger partial charge on any atom is 0.419 e. The van der Waals surface area contributed by atoms with Crippen molar-refractivity contribution in [3.8, 4) is 0 Å². The third-order valence-corrected chi connectivity index (χ3v) is 2.46. The summed E-state index contributed by atoms with van der Waals surface area (Å²) in [6.45, 7) is -1.68. The summed E-state index contributed by atoms with van der Waals surface area (Å²) in [5, 5.41) is 17.3. The molecule has 0 aliphatic heterocycles. The van der Waals surface area contributed by atoms with E-state index < -0.39 is 42.6 Å². The first-order valence-corrected chi connectivity index (χ1v) is 5.61. The van der Waals surface area contributed by atoms with Crippen LogP contribution in [0.5, 0.6) is 0 Å². The van der Waals surface area contributed by atoms with Crippen molar-refractivity contribution in [1.82, 2.24) is 4.90 Å². The lowest BCUT2D eigenvalue weighted by molar-refractivity contribution is -0.143. The average Bonchev–Trinajstić information content (AvgIpc) is 2.28. The molecule has 21 heavy (non-hydrogen) atoms. The fourth-order valence-corrected chi connectivity index (χ4v) is 1.70. The molecule has 0 aromatic heterocycles. The van der Waals surface area contributed by atoms with Gasteiger partial charge in [-0.15, -0.1) is 0 Å². The second kappa shape index (κ2) is 6.53. The first kappa shape index (κ1) is 16.9. The van der Waals surface area contributed by atoms with E-state index in [0.717, 1.165) is 11.0 Å². The summed E-state index contributed by atoms with van der Waals surface area (Å²) in [7, 11) is 0. The Hall–Kier alpha value is -2.16. The zero-order valence-electron chi connectivity index (χ0n) is 10.5. The molecule has 116 valence electrons. The first-order chi connectivity index (χ1) is 9.59. The van der Waals surface area contributed by atoms with E-state index in [2.05, 4.69) is 0 Å². The smallest absolute Gasteiger partial charge is 0.419 e. The Morgan fingerprint density at radius 3 is 2.05 bits per heavy atom. The van der Waals surface area contributed by atoms with Crippen LogP contribution < -0.4 is 0 Å². The maximum absolute atomic E-state index is 13.1. The number of carboxylic acid groups (broad SMARTS) is 2. The van der Waals surface area contributed by atoms with Crippen LogP contribution >= 0.6 is 0 Å². The minimum atomic E-state index is -4.88. The van der Waals surface area contributed by atoms with Gasteiger partial charge in [0.05, 0.1) is 18.7 Å². The number of aliphatic carboxylic acids is 2. The van der Waals surface area contributed by atoms with Crippen LogP contribution in [0, 0.1) is 5.82 Å². The third-order valence-electron chi connectivity index (χ3n) is 2.46. The van der Waals surface area contributed by atoms with Crippen LogP contribution in [-0.2, 0) is 22.3 Å². The van der Waals surface area contributed by atoms with Crippen molar-refractivity contribution < 1.29 is 37.4 Å². The van der Waals surface area contributed by atoms with Crippen molar-refractivity contribution in [2.45, 2.75) is 12.7 Å². The van der Waals surface area contributed by atoms with Crippen molar-refractivity contribution in [2.75, 3.05) is 13.1 Å². The predicted octanol–water partition coefficient (Wildman–Crippen LogP) is 1.82. The summed E-state index contributed by atoms with van der Waals surface area (Å²) in [4.78, 5) is 22.1. The van der Waals surface area contributed by atoms with E-state index in [4.69, 9.17) is 10.2 Å². The lowest BCUT2D eigenvalue weighted by atomic mass is 10.1. The number of benzene rings is 1. The molecule has 0 saturated carbocycles. The van der Waals surface area contributed by atoms with Gasteiger partial charge in [0.2, 0.25) is 0 Å². The molecule has 0 unspecified atom stereocenters. The Balaban J connectivity index is 2.98.